The van der Waals surface area contributed by atoms with Crippen molar-refractivity contribution in [2.75, 3.05) is 13.6 Å². The van der Waals surface area contributed by atoms with Gasteiger partial charge < -0.3 is 10.0 Å². The average molecular weight is 286 g/mol. The molecule has 1 aromatic rings. The van der Waals surface area contributed by atoms with Crippen LogP contribution in [-0.2, 0) is 6.54 Å². The second-order valence-electron chi connectivity index (χ2n) is 4.69. The zero-order chi connectivity index (χ0) is 12.1. The first-order valence-corrected chi connectivity index (χ1v) is 6.44. The quantitative estimate of drug-likeness (QED) is 0.893. The molecule has 0 aliphatic heterocycles. The van der Waals surface area contributed by atoms with Crippen LogP contribution in [0.2, 0.25) is 0 Å². The minimum atomic E-state index is 0.375. The predicted molar refractivity (Wildman–Crippen MR) is 71.6 cm³/mol. The molecule has 0 saturated heterocycles. The third kappa shape index (κ3) is 4.54. The molecule has 1 rings (SSSR count). The fraction of sp³-hybridized carbons (Fsp3) is 0.538. The van der Waals surface area contributed by atoms with Crippen LogP contribution in [0.15, 0.2) is 22.7 Å². The van der Waals surface area contributed by atoms with Crippen LogP contribution in [0.5, 0.6) is 5.75 Å². The van der Waals surface area contributed by atoms with Crippen LogP contribution in [0, 0.1) is 5.92 Å². The van der Waals surface area contributed by atoms with Crippen LogP contribution < -0.4 is 0 Å². The lowest BCUT2D eigenvalue weighted by Gasteiger charge is -2.18. The molecule has 0 aromatic heterocycles. The molecule has 16 heavy (non-hydrogen) atoms. The first-order chi connectivity index (χ1) is 7.49. The van der Waals surface area contributed by atoms with Crippen molar-refractivity contribution in [3.05, 3.63) is 28.2 Å². The molecule has 0 fully saturated rings. The van der Waals surface area contributed by atoms with Crippen LogP contribution in [0.1, 0.15) is 25.8 Å². The number of benzene rings is 1. The molecule has 1 N–H and O–H groups in total. The molecular weight excluding hydrogens is 266 g/mol. The lowest BCUT2D eigenvalue weighted by molar-refractivity contribution is 0.298. The Morgan fingerprint density at radius 2 is 2.06 bits per heavy atom. The van der Waals surface area contributed by atoms with E-state index in [9.17, 15) is 5.11 Å². The fourth-order valence-corrected chi connectivity index (χ4v) is 1.94. The van der Waals surface area contributed by atoms with E-state index in [0.29, 0.717) is 5.75 Å². The minimum Gasteiger partial charge on any atom is -0.508 e. The summed E-state index contributed by atoms with van der Waals surface area (Å²) in [6.07, 6.45) is 1.19. The van der Waals surface area contributed by atoms with E-state index in [1.807, 2.05) is 12.1 Å². The molecule has 2 nitrogen and oxygen atoms in total. The summed E-state index contributed by atoms with van der Waals surface area (Å²) in [6.45, 7) is 6.30. The highest BCUT2D eigenvalue weighted by Gasteiger charge is 2.06. The smallest absolute Gasteiger partial charge is 0.120 e. The Hall–Kier alpha value is -0.540. The standard InChI is InChI=1S/C13H20BrNO/c1-10(2)6-7-15(3)9-11-8-12(14)4-5-13(11)16/h4-5,8,10,16H,6-7,9H2,1-3H3. The van der Waals surface area contributed by atoms with E-state index in [1.54, 1.807) is 6.07 Å². The van der Waals surface area contributed by atoms with Crippen molar-refractivity contribution in [1.29, 1.82) is 0 Å². The fourth-order valence-electron chi connectivity index (χ4n) is 1.53. The summed E-state index contributed by atoms with van der Waals surface area (Å²) in [5.74, 6) is 1.10. The highest BCUT2D eigenvalue weighted by atomic mass is 79.9. The predicted octanol–water partition coefficient (Wildman–Crippen LogP) is 3.63. The number of hydrogen-bond acceptors (Lipinski definition) is 2. The van der Waals surface area contributed by atoms with Gasteiger partial charge in [-0.3, -0.25) is 0 Å². The molecule has 90 valence electrons. The number of phenols is 1. The summed E-state index contributed by atoms with van der Waals surface area (Å²) >= 11 is 3.42. The molecule has 0 amide bonds. The summed E-state index contributed by atoms with van der Waals surface area (Å²) in [7, 11) is 2.09. The first kappa shape index (κ1) is 13.5. The van der Waals surface area contributed by atoms with Gasteiger partial charge in [0.25, 0.3) is 0 Å². The zero-order valence-corrected chi connectivity index (χ0v) is 11.8. The molecule has 0 saturated carbocycles. The van der Waals surface area contributed by atoms with Gasteiger partial charge in [-0.2, -0.15) is 0 Å². The van der Waals surface area contributed by atoms with E-state index < -0.39 is 0 Å². The van der Waals surface area contributed by atoms with E-state index in [0.717, 1.165) is 29.0 Å². The van der Waals surface area contributed by atoms with Gasteiger partial charge in [0.15, 0.2) is 0 Å². The Bertz CT molecular complexity index is 339. The Kier molecular flexibility index (Phi) is 5.29. The summed E-state index contributed by atoms with van der Waals surface area (Å²) in [4.78, 5) is 2.24. The largest absolute Gasteiger partial charge is 0.508 e. The lowest BCUT2D eigenvalue weighted by atomic mass is 10.1. The minimum absolute atomic E-state index is 0.375. The third-order valence-electron chi connectivity index (χ3n) is 2.57. The molecule has 0 aliphatic rings. The highest BCUT2D eigenvalue weighted by molar-refractivity contribution is 9.10. The third-order valence-corrected chi connectivity index (χ3v) is 3.06. The summed E-state index contributed by atoms with van der Waals surface area (Å²) in [5, 5.41) is 9.71. The highest BCUT2D eigenvalue weighted by Crippen LogP contribution is 2.23. The molecule has 0 spiro atoms. The van der Waals surface area contributed by atoms with Crippen LogP contribution in [-0.4, -0.2) is 23.6 Å². The number of aromatic hydroxyl groups is 1. The van der Waals surface area contributed by atoms with Gasteiger partial charge in [-0.1, -0.05) is 29.8 Å². The lowest BCUT2D eigenvalue weighted by Crippen LogP contribution is -2.20. The number of rotatable bonds is 5. The number of hydrogen-bond donors (Lipinski definition) is 1. The molecule has 1 aromatic carbocycles. The van der Waals surface area contributed by atoms with Gasteiger partial charge in [-0.15, -0.1) is 0 Å². The van der Waals surface area contributed by atoms with Gasteiger partial charge in [0.1, 0.15) is 5.75 Å². The average Bonchev–Trinajstić information content (AvgIpc) is 2.20. The van der Waals surface area contributed by atoms with Crippen LogP contribution in [0.4, 0.5) is 0 Å². The molecule has 0 bridgehead atoms. The second kappa shape index (κ2) is 6.26. The van der Waals surface area contributed by atoms with Crippen molar-refractivity contribution in [3.8, 4) is 5.75 Å². The van der Waals surface area contributed by atoms with Gasteiger partial charge in [0, 0.05) is 16.6 Å². The van der Waals surface area contributed by atoms with Gasteiger partial charge in [-0.05, 0) is 44.1 Å². The van der Waals surface area contributed by atoms with Crippen molar-refractivity contribution in [3.63, 3.8) is 0 Å². The maximum absolute atomic E-state index is 9.71. The summed E-state index contributed by atoms with van der Waals surface area (Å²) in [6, 6.07) is 5.56. The van der Waals surface area contributed by atoms with E-state index >= 15 is 0 Å². The van der Waals surface area contributed by atoms with Gasteiger partial charge in [0.05, 0.1) is 0 Å². The van der Waals surface area contributed by atoms with Crippen molar-refractivity contribution in [1.82, 2.24) is 4.90 Å². The van der Waals surface area contributed by atoms with Gasteiger partial charge >= 0.3 is 0 Å². The SMILES string of the molecule is CC(C)CCN(C)Cc1cc(Br)ccc1O. The molecule has 0 atom stereocenters. The Morgan fingerprint density at radius 3 is 2.69 bits per heavy atom. The molecule has 0 aliphatic carbocycles. The molecule has 0 radical (unpaired) electrons. The van der Waals surface area contributed by atoms with Crippen LogP contribution in [0.25, 0.3) is 0 Å². The number of halogens is 1. The molecule has 0 heterocycles. The first-order valence-electron chi connectivity index (χ1n) is 5.65. The van der Waals surface area contributed by atoms with E-state index in [4.69, 9.17) is 0 Å². The maximum Gasteiger partial charge on any atom is 0.120 e. The topological polar surface area (TPSA) is 23.5 Å². The Morgan fingerprint density at radius 1 is 1.38 bits per heavy atom. The summed E-state index contributed by atoms with van der Waals surface area (Å²) in [5.41, 5.74) is 0.973. The monoisotopic (exact) mass is 285 g/mol. The van der Waals surface area contributed by atoms with Crippen molar-refractivity contribution in [2.45, 2.75) is 26.8 Å². The van der Waals surface area contributed by atoms with Crippen molar-refractivity contribution >= 4 is 15.9 Å². The number of phenolic OH excluding ortho intramolecular Hbond substituents is 1. The van der Waals surface area contributed by atoms with Crippen molar-refractivity contribution in [2.24, 2.45) is 5.92 Å². The normalized spacial score (nSPS) is 11.4. The second-order valence-corrected chi connectivity index (χ2v) is 5.61. The van der Waals surface area contributed by atoms with Gasteiger partial charge in [0.2, 0.25) is 0 Å². The Balaban J connectivity index is 2.55. The summed E-state index contributed by atoms with van der Waals surface area (Å²) < 4.78 is 1.01. The number of nitrogens with zero attached hydrogens (tertiary/aromatic N) is 1. The molecule has 0 unspecified atom stereocenters. The van der Waals surface area contributed by atoms with E-state index in [-0.39, 0.29) is 0 Å². The Labute approximate surface area is 106 Å². The van der Waals surface area contributed by atoms with Crippen LogP contribution >= 0.6 is 15.9 Å². The molecule has 3 heteroatoms. The molecular formula is C13H20BrNO. The van der Waals surface area contributed by atoms with E-state index in [2.05, 4.69) is 41.7 Å². The van der Waals surface area contributed by atoms with Crippen LogP contribution in [0.3, 0.4) is 0 Å². The van der Waals surface area contributed by atoms with Gasteiger partial charge in [-0.25, -0.2) is 0 Å². The van der Waals surface area contributed by atoms with Crippen molar-refractivity contribution < 1.29 is 5.11 Å². The van der Waals surface area contributed by atoms with E-state index in [1.165, 1.54) is 6.42 Å². The zero-order valence-electron chi connectivity index (χ0n) is 10.2. The maximum atomic E-state index is 9.71.